The number of carbonyl (C=O) groups excluding carboxylic acids is 2. The van der Waals surface area contributed by atoms with Gasteiger partial charge in [0.2, 0.25) is 0 Å². The van der Waals surface area contributed by atoms with Crippen molar-refractivity contribution in [2.45, 2.75) is 43.9 Å². The van der Waals surface area contributed by atoms with Gasteiger partial charge in [0.1, 0.15) is 18.3 Å². The third kappa shape index (κ3) is 1.39. The second kappa shape index (κ2) is 3.90. The number of epoxide rings is 1. The third-order valence-corrected chi connectivity index (χ3v) is 4.97. The van der Waals surface area contributed by atoms with Crippen LogP contribution in [0.5, 0.6) is 0 Å². The van der Waals surface area contributed by atoms with Crippen molar-refractivity contribution >= 4 is 11.8 Å². The second-order valence-corrected chi connectivity index (χ2v) is 5.93. The van der Waals surface area contributed by atoms with Crippen molar-refractivity contribution in [3.63, 3.8) is 0 Å². The molecule has 5 aliphatic rings. The molecule has 0 amide bonds. The van der Waals surface area contributed by atoms with Crippen LogP contribution in [-0.2, 0) is 23.8 Å². The number of carbonyl (C=O) groups is 2. The maximum Gasteiger partial charge on any atom is 0.311 e. The van der Waals surface area contributed by atoms with E-state index in [1.165, 1.54) is 7.11 Å². The van der Waals surface area contributed by atoms with Gasteiger partial charge in [-0.1, -0.05) is 0 Å². The Hall–Kier alpha value is -1.24. The maximum absolute atomic E-state index is 12.4. The third-order valence-electron chi connectivity index (χ3n) is 4.97. The summed E-state index contributed by atoms with van der Waals surface area (Å²) in [6.07, 6.45) is -1.97. The molecule has 0 aromatic carbocycles. The van der Waals surface area contributed by atoms with Crippen LogP contribution in [0.2, 0.25) is 0 Å². The smallest absolute Gasteiger partial charge is 0.311 e. The molecule has 3 heterocycles. The van der Waals surface area contributed by atoms with Gasteiger partial charge in [0.15, 0.2) is 5.78 Å². The maximum atomic E-state index is 12.4. The number of hydrogen-bond acceptors (Lipinski definition) is 6. The molecule has 2 bridgehead atoms. The van der Waals surface area contributed by atoms with Gasteiger partial charge in [-0.15, -0.1) is 0 Å². The lowest BCUT2D eigenvalue weighted by atomic mass is 9.65. The molecule has 0 aromatic heterocycles. The number of ether oxygens (including phenoxy) is 3. The van der Waals surface area contributed by atoms with Gasteiger partial charge in [0, 0.05) is 11.5 Å². The summed E-state index contributed by atoms with van der Waals surface area (Å²) >= 11 is 0. The number of hydrogen-bond donors (Lipinski definition) is 1. The van der Waals surface area contributed by atoms with Crippen LogP contribution in [0.1, 0.15) is 13.3 Å². The zero-order valence-electron chi connectivity index (χ0n) is 11.2. The lowest BCUT2D eigenvalue weighted by molar-refractivity contribution is -0.166. The van der Waals surface area contributed by atoms with Gasteiger partial charge >= 0.3 is 5.97 Å². The van der Waals surface area contributed by atoms with Crippen molar-refractivity contribution in [3.8, 4) is 0 Å². The summed E-state index contributed by atoms with van der Waals surface area (Å²) in [5, 5.41) is 10.3. The summed E-state index contributed by atoms with van der Waals surface area (Å²) in [6.45, 7) is 1.90. The minimum absolute atomic E-state index is 0.0382. The average molecular weight is 280 g/mol. The van der Waals surface area contributed by atoms with Crippen molar-refractivity contribution in [1.29, 1.82) is 0 Å². The lowest BCUT2D eigenvalue weighted by Crippen LogP contribution is -2.56. The first-order valence-corrected chi connectivity index (χ1v) is 6.89. The fourth-order valence-corrected chi connectivity index (χ4v) is 3.95. The molecule has 108 valence electrons. The Labute approximate surface area is 115 Å². The highest BCUT2D eigenvalue weighted by molar-refractivity contribution is 6.04. The van der Waals surface area contributed by atoms with Crippen LogP contribution < -0.4 is 0 Å². The van der Waals surface area contributed by atoms with Crippen LogP contribution in [0.4, 0.5) is 0 Å². The molecule has 6 nitrogen and oxygen atoms in total. The minimum atomic E-state index is -0.847. The van der Waals surface area contributed by atoms with Gasteiger partial charge in [-0.25, -0.2) is 0 Å². The summed E-state index contributed by atoms with van der Waals surface area (Å²) < 4.78 is 15.9. The van der Waals surface area contributed by atoms with Crippen LogP contribution in [-0.4, -0.2) is 54.5 Å². The molecule has 5 rings (SSSR count). The zero-order valence-corrected chi connectivity index (χ0v) is 11.2. The highest BCUT2D eigenvalue weighted by atomic mass is 16.6. The molecule has 0 aromatic rings. The predicted octanol–water partition coefficient (Wildman–Crippen LogP) is -0.410. The second-order valence-electron chi connectivity index (χ2n) is 5.93. The largest absolute Gasteiger partial charge is 0.469 e. The molecule has 2 fully saturated rings. The number of methoxy groups -OCH3 is 1. The van der Waals surface area contributed by atoms with Gasteiger partial charge < -0.3 is 19.3 Å². The highest BCUT2D eigenvalue weighted by Gasteiger charge is 2.63. The molecule has 6 heteroatoms. The Morgan fingerprint density at radius 1 is 1.35 bits per heavy atom. The Balaban J connectivity index is 1.81. The summed E-state index contributed by atoms with van der Waals surface area (Å²) in [4.78, 5) is 24.3. The van der Waals surface area contributed by atoms with E-state index >= 15 is 0 Å². The molecule has 0 unspecified atom stereocenters. The van der Waals surface area contributed by atoms with Crippen molar-refractivity contribution in [3.05, 3.63) is 11.1 Å². The summed E-state index contributed by atoms with van der Waals surface area (Å²) in [5.41, 5.74) is 1.19. The molecular formula is C14H16O6. The number of fused-ring (bicyclic) bond motifs is 3. The molecule has 1 N–H and O–H groups in total. The fraction of sp³-hybridized carbons (Fsp3) is 0.714. The van der Waals surface area contributed by atoms with E-state index in [-0.39, 0.29) is 23.8 Å². The number of rotatable bonds is 1. The van der Waals surface area contributed by atoms with Crippen LogP contribution in [0.15, 0.2) is 11.1 Å². The highest BCUT2D eigenvalue weighted by Crippen LogP contribution is 2.52. The SMILES string of the molecule is COC(=O)[C@@H]1C[C@H]2C3=C([C@H](O)[C@H]4O[C@H]4C3=O)[C@@H]1O[C@@H]2C. The van der Waals surface area contributed by atoms with E-state index < -0.39 is 30.3 Å². The molecule has 0 radical (unpaired) electrons. The van der Waals surface area contributed by atoms with Gasteiger partial charge in [0.05, 0.1) is 25.2 Å². The van der Waals surface area contributed by atoms with Crippen LogP contribution >= 0.6 is 0 Å². The Morgan fingerprint density at radius 3 is 2.80 bits per heavy atom. The molecule has 2 saturated heterocycles. The standard InChI is InChI=1S/C14H16O6/c1-4-5-3-6(14(17)18-2)11(19-4)8-7(5)9(15)12-13(20-12)10(8)16/h4-6,10-13,16H,3H2,1-2H3/t4-,5-,6-,10+,11-,12+,13-/m1/s1. The normalized spacial score (nSPS) is 48.8. The minimum Gasteiger partial charge on any atom is -0.469 e. The summed E-state index contributed by atoms with van der Waals surface area (Å²) in [6, 6.07) is 0. The van der Waals surface area contributed by atoms with E-state index in [4.69, 9.17) is 14.2 Å². The Morgan fingerprint density at radius 2 is 2.10 bits per heavy atom. The quantitative estimate of drug-likeness (QED) is 0.519. The first kappa shape index (κ1) is 12.5. The predicted molar refractivity (Wildman–Crippen MR) is 64.6 cm³/mol. The summed E-state index contributed by atoms with van der Waals surface area (Å²) in [5.74, 6) is -0.996. The van der Waals surface area contributed by atoms with E-state index in [9.17, 15) is 14.7 Å². The van der Waals surface area contributed by atoms with Crippen molar-refractivity contribution in [2.75, 3.05) is 7.11 Å². The van der Waals surface area contributed by atoms with Crippen molar-refractivity contribution in [2.24, 2.45) is 11.8 Å². The lowest BCUT2D eigenvalue weighted by Gasteiger charge is -2.48. The number of ketones is 1. The monoisotopic (exact) mass is 280 g/mol. The number of aliphatic hydroxyl groups is 1. The van der Waals surface area contributed by atoms with Crippen molar-refractivity contribution < 1.29 is 28.9 Å². The van der Waals surface area contributed by atoms with E-state index in [2.05, 4.69) is 0 Å². The van der Waals surface area contributed by atoms with Crippen LogP contribution in [0, 0.1) is 11.8 Å². The fourth-order valence-electron chi connectivity index (χ4n) is 3.95. The van der Waals surface area contributed by atoms with E-state index in [1.807, 2.05) is 6.92 Å². The molecule has 3 aliphatic heterocycles. The molecule has 7 atom stereocenters. The molecule has 2 aliphatic carbocycles. The van der Waals surface area contributed by atoms with E-state index in [0.717, 1.165) is 0 Å². The number of Topliss-reactive ketones (excluding diaryl/α,β-unsaturated/α-hetero) is 1. The zero-order chi connectivity index (χ0) is 14.2. The Bertz CT molecular complexity index is 538. The van der Waals surface area contributed by atoms with Gasteiger partial charge in [-0.3, -0.25) is 9.59 Å². The van der Waals surface area contributed by atoms with E-state index in [1.54, 1.807) is 0 Å². The number of aliphatic hydroxyl groups excluding tert-OH is 1. The molecular weight excluding hydrogens is 264 g/mol. The Kier molecular flexibility index (Phi) is 2.44. The molecule has 0 saturated carbocycles. The van der Waals surface area contributed by atoms with Gasteiger partial charge in [-0.05, 0) is 18.9 Å². The van der Waals surface area contributed by atoms with Crippen LogP contribution in [0.3, 0.4) is 0 Å². The van der Waals surface area contributed by atoms with E-state index in [0.29, 0.717) is 17.6 Å². The topological polar surface area (TPSA) is 85.4 Å². The summed E-state index contributed by atoms with van der Waals surface area (Å²) in [7, 11) is 1.34. The van der Waals surface area contributed by atoms with Gasteiger partial charge in [-0.2, -0.15) is 0 Å². The first-order chi connectivity index (χ1) is 9.54. The van der Waals surface area contributed by atoms with Crippen LogP contribution in [0.25, 0.3) is 0 Å². The number of esters is 1. The first-order valence-electron chi connectivity index (χ1n) is 6.89. The average Bonchev–Trinajstić information content (AvgIpc) is 3.24. The van der Waals surface area contributed by atoms with Gasteiger partial charge in [0.25, 0.3) is 0 Å². The molecule has 0 spiro atoms. The molecule has 20 heavy (non-hydrogen) atoms. The van der Waals surface area contributed by atoms with Crippen molar-refractivity contribution in [1.82, 2.24) is 0 Å².